The molecular weight excluding hydrogens is 170 g/mol. The maximum Gasteiger partial charge on any atom is 0.0672 e. The minimum Gasteiger partial charge on any atom is -0.260 e. The summed E-state index contributed by atoms with van der Waals surface area (Å²) in [7, 11) is 0. The van der Waals surface area contributed by atoms with Crippen LogP contribution >= 0.6 is 0 Å². The molecule has 1 aliphatic rings. The Balaban J connectivity index is 2.77. The molecule has 1 aliphatic heterocycles. The van der Waals surface area contributed by atoms with Gasteiger partial charge >= 0.3 is 0 Å². The summed E-state index contributed by atoms with van der Waals surface area (Å²) in [6, 6.07) is 2.20. The van der Waals surface area contributed by atoms with Gasteiger partial charge in [-0.2, -0.15) is 0 Å². The van der Waals surface area contributed by atoms with Crippen LogP contribution in [-0.4, -0.2) is 6.21 Å². The van der Waals surface area contributed by atoms with Crippen molar-refractivity contribution in [3.63, 3.8) is 0 Å². The summed E-state index contributed by atoms with van der Waals surface area (Å²) in [5, 5.41) is 0. The number of aliphatic imine (C=N–C) groups is 1. The normalized spacial score (nSPS) is 17.2. The summed E-state index contributed by atoms with van der Waals surface area (Å²) < 4.78 is 0. The Morgan fingerprint density at radius 1 is 1.07 bits per heavy atom. The highest BCUT2D eigenvalue weighted by Gasteiger charge is 2.29. The van der Waals surface area contributed by atoms with Crippen molar-refractivity contribution in [2.24, 2.45) is 4.99 Å². The quantitative estimate of drug-likeness (QED) is 0.588. The Kier molecular flexibility index (Phi) is 1.82. The highest BCUT2D eigenvalue weighted by molar-refractivity contribution is 5.86. The molecule has 0 fully saturated rings. The second-order valence-electron chi connectivity index (χ2n) is 4.82. The van der Waals surface area contributed by atoms with Gasteiger partial charge in [-0.25, -0.2) is 0 Å². The van der Waals surface area contributed by atoms with E-state index >= 15 is 0 Å². The van der Waals surface area contributed by atoms with Gasteiger partial charge in [-0.15, -0.1) is 0 Å². The van der Waals surface area contributed by atoms with Crippen molar-refractivity contribution >= 4 is 11.9 Å². The van der Waals surface area contributed by atoms with Crippen LogP contribution in [-0.2, 0) is 5.41 Å². The molecule has 1 heterocycles. The van der Waals surface area contributed by atoms with Gasteiger partial charge < -0.3 is 0 Å². The summed E-state index contributed by atoms with van der Waals surface area (Å²) >= 11 is 0. The molecule has 1 aromatic carbocycles. The third kappa shape index (κ3) is 1.12. The van der Waals surface area contributed by atoms with E-state index in [1.807, 2.05) is 0 Å². The first kappa shape index (κ1) is 9.45. The maximum absolute atomic E-state index is 4.49. The van der Waals surface area contributed by atoms with Crippen LogP contribution < -0.4 is 0 Å². The molecule has 0 atom stereocenters. The molecule has 0 aliphatic carbocycles. The van der Waals surface area contributed by atoms with Gasteiger partial charge in [0.15, 0.2) is 0 Å². The number of hydrogen-bond donors (Lipinski definition) is 0. The largest absolute Gasteiger partial charge is 0.260 e. The van der Waals surface area contributed by atoms with E-state index in [2.05, 4.69) is 51.9 Å². The lowest BCUT2D eigenvalue weighted by atomic mass is 9.82. The Labute approximate surface area is 85.9 Å². The van der Waals surface area contributed by atoms with E-state index < -0.39 is 0 Å². The fraction of sp³-hybridized carbons (Fsp3) is 0.462. The lowest BCUT2D eigenvalue weighted by molar-refractivity contribution is 0.744. The molecule has 14 heavy (non-hydrogen) atoms. The van der Waals surface area contributed by atoms with Gasteiger partial charge in [-0.3, -0.25) is 4.99 Å². The van der Waals surface area contributed by atoms with Crippen LogP contribution in [0, 0.1) is 20.8 Å². The third-order valence-corrected chi connectivity index (χ3v) is 3.31. The first-order chi connectivity index (χ1) is 6.43. The third-order valence-electron chi connectivity index (χ3n) is 3.31. The number of fused-ring (bicyclic) bond motifs is 1. The molecule has 2 rings (SSSR count). The van der Waals surface area contributed by atoms with E-state index in [-0.39, 0.29) is 5.41 Å². The Morgan fingerprint density at radius 3 is 2.36 bits per heavy atom. The SMILES string of the molecule is Cc1cc2c(c(C)c1C)C(C)(C)C=N2. The molecule has 0 saturated heterocycles. The number of hydrogen-bond acceptors (Lipinski definition) is 1. The lowest BCUT2D eigenvalue weighted by Gasteiger charge is -2.20. The molecule has 0 bridgehead atoms. The fourth-order valence-corrected chi connectivity index (χ4v) is 2.27. The molecule has 0 unspecified atom stereocenters. The van der Waals surface area contributed by atoms with Gasteiger partial charge in [0.2, 0.25) is 0 Å². The van der Waals surface area contributed by atoms with E-state index in [1.54, 1.807) is 0 Å². The molecule has 1 aromatic rings. The first-order valence-corrected chi connectivity index (χ1v) is 5.10. The fourth-order valence-electron chi connectivity index (χ4n) is 2.27. The molecule has 0 N–H and O–H groups in total. The van der Waals surface area contributed by atoms with Crippen molar-refractivity contribution in [3.05, 3.63) is 28.3 Å². The Morgan fingerprint density at radius 2 is 1.71 bits per heavy atom. The van der Waals surface area contributed by atoms with Crippen LogP contribution in [0.5, 0.6) is 0 Å². The number of nitrogens with zero attached hydrogens (tertiary/aromatic N) is 1. The Bertz CT molecular complexity index is 425. The van der Waals surface area contributed by atoms with Crippen LogP contribution in [0.1, 0.15) is 36.1 Å². The van der Waals surface area contributed by atoms with Crippen LogP contribution in [0.3, 0.4) is 0 Å². The second-order valence-corrected chi connectivity index (χ2v) is 4.82. The van der Waals surface area contributed by atoms with E-state index in [0.717, 1.165) is 5.69 Å². The van der Waals surface area contributed by atoms with Crippen molar-refractivity contribution in [2.45, 2.75) is 40.0 Å². The van der Waals surface area contributed by atoms with Crippen molar-refractivity contribution < 1.29 is 0 Å². The molecule has 0 saturated carbocycles. The standard InChI is InChI=1S/C13H17N/c1-8-6-11-12(10(3)9(8)2)13(4,5)7-14-11/h6-7H,1-5H3. The predicted octanol–water partition coefficient (Wildman–Crippen LogP) is 3.61. The van der Waals surface area contributed by atoms with Gasteiger partial charge in [0.05, 0.1) is 5.69 Å². The topological polar surface area (TPSA) is 12.4 Å². The molecule has 0 aromatic heterocycles. The van der Waals surface area contributed by atoms with Crippen molar-refractivity contribution in [3.8, 4) is 0 Å². The summed E-state index contributed by atoms with van der Waals surface area (Å²) in [6.07, 6.45) is 2.06. The van der Waals surface area contributed by atoms with E-state index in [0.29, 0.717) is 0 Å². The van der Waals surface area contributed by atoms with Gasteiger partial charge in [-0.1, -0.05) is 13.8 Å². The molecule has 74 valence electrons. The highest BCUT2D eigenvalue weighted by Crippen LogP contribution is 2.40. The zero-order valence-electron chi connectivity index (χ0n) is 9.60. The molecule has 0 spiro atoms. The monoisotopic (exact) mass is 187 g/mol. The molecule has 1 nitrogen and oxygen atoms in total. The second kappa shape index (κ2) is 2.69. The smallest absolute Gasteiger partial charge is 0.0672 e. The lowest BCUT2D eigenvalue weighted by Crippen LogP contribution is -2.17. The summed E-state index contributed by atoms with van der Waals surface area (Å²) in [4.78, 5) is 4.49. The average Bonchev–Trinajstić information content (AvgIpc) is 2.38. The number of benzene rings is 1. The van der Waals surface area contributed by atoms with Crippen molar-refractivity contribution in [1.82, 2.24) is 0 Å². The van der Waals surface area contributed by atoms with Gasteiger partial charge in [0.25, 0.3) is 0 Å². The summed E-state index contributed by atoms with van der Waals surface area (Å²) in [5.74, 6) is 0. The van der Waals surface area contributed by atoms with E-state index in [1.165, 1.54) is 22.3 Å². The van der Waals surface area contributed by atoms with Gasteiger partial charge in [-0.05, 0) is 49.1 Å². The van der Waals surface area contributed by atoms with Crippen LogP contribution in [0.25, 0.3) is 0 Å². The minimum atomic E-state index is 0.109. The molecular formula is C13H17N. The summed E-state index contributed by atoms with van der Waals surface area (Å²) in [5.41, 5.74) is 6.83. The zero-order valence-corrected chi connectivity index (χ0v) is 9.60. The molecule has 0 radical (unpaired) electrons. The predicted molar refractivity (Wildman–Crippen MR) is 61.8 cm³/mol. The zero-order chi connectivity index (χ0) is 10.5. The van der Waals surface area contributed by atoms with E-state index in [9.17, 15) is 0 Å². The molecule has 0 amide bonds. The van der Waals surface area contributed by atoms with E-state index in [4.69, 9.17) is 0 Å². The van der Waals surface area contributed by atoms with Crippen molar-refractivity contribution in [1.29, 1.82) is 0 Å². The van der Waals surface area contributed by atoms with Crippen molar-refractivity contribution in [2.75, 3.05) is 0 Å². The average molecular weight is 187 g/mol. The number of aryl methyl sites for hydroxylation is 1. The minimum absolute atomic E-state index is 0.109. The first-order valence-electron chi connectivity index (χ1n) is 5.10. The number of rotatable bonds is 0. The van der Waals surface area contributed by atoms with Crippen LogP contribution in [0.2, 0.25) is 0 Å². The van der Waals surface area contributed by atoms with Crippen LogP contribution in [0.4, 0.5) is 5.69 Å². The van der Waals surface area contributed by atoms with Gasteiger partial charge in [0.1, 0.15) is 0 Å². The van der Waals surface area contributed by atoms with Crippen LogP contribution in [0.15, 0.2) is 11.1 Å². The highest BCUT2D eigenvalue weighted by atomic mass is 14.8. The maximum atomic E-state index is 4.49. The molecule has 1 heteroatoms. The Hall–Kier alpha value is -1.11. The van der Waals surface area contributed by atoms with Gasteiger partial charge in [0, 0.05) is 11.6 Å². The summed E-state index contributed by atoms with van der Waals surface area (Å²) in [6.45, 7) is 11.0.